The first-order valence-electron chi connectivity index (χ1n) is 10.1. The topological polar surface area (TPSA) is 108 Å². The van der Waals surface area contributed by atoms with Crippen molar-refractivity contribution in [1.29, 1.82) is 0 Å². The van der Waals surface area contributed by atoms with Gasteiger partial charge in [0.05, 0.1) is 18.0 Å². The molecule has 1 heterocycles. The zero-order valence-corrected chi connectivity index (χ0v) is 18.7. The molecule has 166 valence electrons. The molecule has 0 aromatic heterocycles. The molecule has 3 rings (SSSR count). The number of carbonyl (C=O) groups excluding carboxylic acids is 1. The van der Waals surface area contributed by atoms with E-state index in [1.165, 1.54) is 22.6 Å². The minimum Gasteiger partial charge on any atom is -0.347 e. The number of amides is 1. The summed E-state index contributed by atoms with van der Waals surface area (Å²) in [7, 11) is -0.286. The zero-order valence-electron chi connectivity index (χ0n) is 17.9. The number of sulfonamides is 1. The number of nitrogens with one attached hydrogen (secondary N) is 1. The second-order valence-corrected chi connectivity index (χ2v) is 9.37. The summed E-state index contributed by atoms with van der Waals surface area (Å²) in [6.07, 6.45) is 1.01. The van der Waals surface area contributed by atoms with Crippen molar-refractivity contribution in [1.82, 2.24) is 15.1 Å². The minimum atomic E-state index is -3.72. The van der Waals surface area contributed by atoms with E-state index < -0.39 is 10.0 Å². The van der Waals surface area contributed by atoms with Gasteiger partial charge < -0.3 is 15.1 Å². The molecule has 1 aliphatic heterocycles. The van der Waals surface area contributed by atoms with Crippen LogP contribution in [0.25, 0.3) is 0 Å². The van der Waals surface area contributed by atoms with Crippen molar-refractivity contribution < 1.29 is 13.2 Å². The predicted molar refractivity (Wildman–Crippen MR) is 121 cm³/mol. The van der Waals surface area contributed by atoms with Crippen LogP contribution in [0, 0.1) is 0 Å². The number of likely N-dealkylation sites (N-methyl/N-ethyl adjacent to an activating group) is 1. The summed E-state index contributed by atoms with van der Waals surface area (Å²) in [5, 5.41) is 8.35. The third-order valence-corrected chi connectivity index (χ3v) is 6.25. The fourth-order valence-corrected chi connectivity index (χ4v) is 4.00. The van der Waals surface area contributed by atoms with Crippen LogP contribution in [0.3, 0.4) is 0 Å². The minimum absolute atomic E-state index is 0.0380. The van der Waals surface area contributed by atoms with E-state index in [1.54, 1.807) is 26.2 Å². The van der Waals surface area contributed by atoms with Crippen LogP contribution < -0.4 is 10.5 Å². The smallest absolute Gasteiger partial charge is 0.241 e. The number of carbonyl (C=O) groups is 1. The average molecular weight is 444 g/mol. The van der Waals surface area contributed by atoms with Gasteiger partial charge in [-0.2, -0.15) is 0 Å². The van der Waals surface area contributed by atoms with Crippen LogP contribution >= 0.6 is 0 Å². The van der Waals surface area contributed by atoms with E-state index in [0.29, 0.717) is 18.4 Å². The van der Waals surface area contributed by atoms with Crippen molar-refractivity contribution in [3.63, 3.8) is 0 Å². The Labute approximate surface area is 183 Å². The molecule has 0 aliphatic carbocycles. The van der Waals surface area contributed by atoms with E-state index in [9.17, 15) is 13.2 Å². The molecule has 9 heteroatoms. The quantitative estimate of drug-likeness (QED) is 0.518. The lowest BCUT2D eigenvalue weighted by Crippen LogP contribution is -2.44. The molecule has 1 atom stereocenters. The molecular formula is C22H29N5O3S. The van der Waals surface area contributed by atoms with Gasteiger partial charge >= 0.3 is 0 Å². The molecule has 1 amide bonds. The molecule has 8 nitrogen and oxygen atoms in total. The van der Waals surface area contributed by atoms with Gasteiger partial charge in [0.2, 0.25) is 15.9 Å². The molecule has 3 N–H and O–H groups in total. The van der Waals surface area contributed by atoms with Crippen molar-refractivity contribution >= 4 is 21.9 Å². The molecule has 1 unspecified atom stereocenters. The van der Waals surface area contributed by atoms with Crippen molar-refractivity contribution in [2.24, 2.45) is 10.1 Å². The van der Waals surface area contributed by atoms with E-state index in [1.807, 2.05) is 18.2 Å². The van der Waals surface area contributed by atoms with Gasteiger partial charge in [0, 0.05) is 33.1 Å². The Hall–Kier alpha value is -2.91. The van der Waals surface area contributed by atoms with E-state index in [4.69, 9.17) is 10.1 Å². The first-order chi connectivity index (χ1) is 14.7. The number of guanidine groups is 1. The molecule has 2 aromatic carbocycles. The molecule has 0 spiro atoms. The van der Waals surface area contributed by atoms with Crippen LogP contribution in [0.2, 0.25) is 0 Å². The van der Waals surface area contributed by atoms with Crippen LogP contribution in [0.15, 0.2) is 64.5 Å². The number of primary sulfonamides is 1. The molecule has 0 bridgehead atoms. The zero-order chi connectivity index (χ0) is 22.4. The third-order valence-electron chi connectivity index (χ3n) is 5.32. The van der Waals surface area contributed by atoms with Crippen molar-refractivity contribution in [3.05, 3.63) is 65.7 Å². The fourth-order valence-electron chi connectivity index (χ4n) is 3.48. The molecule has 0 saturated carbocycles. The molecule has 2 aromatic rings. The number of likely N-dealkylation sites (tertiary alicyclic amines) is 1. The van der Waals surface area contributed by atoms with Crippen molar-refractivity contribution in [3.8, 4) is 0 Å². The summed E-state index contributed by atoms with van der Waals surface area (Å²) in [6.45, 7) is 2.17. The largest absolute Gasteiger partial charge is 0.347 e. The van der Waals surface area contributed by atoms with Gasteiger partial charge in [-0.15, -0.1) is 0 Å². The van der Waals surface area contributed by atoms with Gasteiger partial charge in [0.1, 0.15) is 0 Å². The number of hydrogen-bond acceptors (Lipinski definition) is 4. The van der Waals surface area contributed by atoms with E-state index in [2.05, 4.69) is 22.3 Å². The lowest BCUT2D eigenvalue weighted by Gasteiger charge is -2.23. The predicted octanol–water partition coefficient (Wildman–Crippen LogP) is 1.36. The standard InChI is InChI=1S/C22H29N5O3S/c1-26(2)21(28)15-25-22(24-14-17-8-10-20(11-9-17)31(23,29)30)27-13-12-19(16-27)18-6-4-3-5-7-18/h3-11,19H,12-16H2,1-2H3,(H,24,25)(H2,23,29,30). The molecular weight excluding hydrogens is 414 g/mol. The van der Waals surface area contributed by atoms with Gasteiger partial charge in [-0.05, 0) is 29.7 Å². The van der Waals surface area contributed by atoms with Gasteiger partial charge in [-0.1, -0.05) is 42.5 Å². The maximum atomic E-state index is 12.1. The SMILES string of the molecule is CN(C)C(=O)CNC(=NCc1ccc(S(N)(=O)=O)cc1)N1CCC(c2ccccc2)C1. The summed E-state index contributed by atoms with van der Waals surface area (Å²) < 4.78 is 22.9. The first-order valence-corrected chi connectivity index (χ1v) is 11.7. The second kappa shape index (κ2) is 9.93. The fraction of sp³-hybridized carbons (Fsp3) is 0.364. The lowest BCUT2D eigenvalue weighted by atomic mass is 9.99. The van der Waals surface area contributed by atoms with Crippen molar-refractivity contribution in [2.75, 3.05) is 33.7 Å². The summed E-state index contributed by atoms with van der Waals surface area (Å²) in [5.41, 5.74) is 2.15. The number of aliphatic imine (C=N–C) groups is 1. The van der Waals surface area contributed by atoms with Crippen LogP contribution in [0.1, 0.15) is 23.5 Å². The number of benzene rings is 2. The highest BCUT2D eigenvalue weighted by Gasteiger charge is 2.26. The monoisotopic (exact) mass is 443 g/mol. The second-order valence-electron chi connectivity index (χ2n) is 7.81. The van der Waals surface area contributed by atoms with E-state index >= 15 is 0 Å². The summed E-state index contributed by atoms with van der Waals surface area (Å²) in [4.78, 5) is 20.6. The number of rotatable bonds is 6. The summed E-state index contributed by atoms with van der Waals surface area (Å²) in [6, 6.07) is 16.7. The maximum absolute atomic E-state index is 12.1. The normalized spacial score (nSPS) is 16.9. The Bertz CT molecular complexity index is 1020. The average Bonchev–Trinajstić information content (AvgIpc) is 3.24. The summed E-state index contributed by atoms with van der Waals surface area (Å²) in [5.74, 6) is 1.04. The Kier molecular flexibility index (Phi) is 7.29. The number of nitrogens with zero attached hydrogens (tertiary/aromatic N) is 3. The maximum Gasteiger partial charge on any atom is 0.241 e. The van der Waals surface area contributed by atoms with Gasteiger partial charge in [-0.3, -0.25) is 4.79 Å². The van der Waals surface area contributed by atoms with Gasteiger partial charge in [0.25, 0.3) is 0 Å². The molecule has 1 saturated heterocycles. The van der Waals surface area contributed by atoms with Crippen LogP contribution in [0.5, 0.6) is 0 Å². The van der Waals surface area contributed by atoms with E-state index in [0.717, 1.165) is 25.1 Å². The number of hydrogen-bond donors (Lipinski definition) is 2. The molecule has 1 fully saturated rings. The van der Waals surface area contributed by atoms with Crippen LogP contribution in [-0.4, -0.2) is 63.8 Å². The summed E-state index contributed by atoms with van der Waals surface area (Å²) >= 11 is 0. The Morgan fingerprint density at radius 1 is 1.16 bits per heavy atom. The first kappa shape index (κ1) is 22.8. The lowest BCUT2D eigenvalue weighted by molar-refractivity contribution is -0.127. The van der Waals surface area contributed by atoms with E-state index in [-0.39, 0.29) is 17.3 Å². The Morgan fingerprint density at radius 2 is 1.84 bits per heavy atom. The molecule has 1 aliphatic rings. The Morgan fingerprint density at radius 3 is 2.45 bits per heavy atom. The van der Waals surface area contributed by atoms with Gasteiger partial charge in [-0.25, -0.2) is 18.5 Å². The number of nitrogens with two attached hydrogens (primary N) is 1. The molecule has 31 heavy (non-hydrogen) atoms. The highest BCUT2D eigenvalue weighted by atomic mass is 32.2. The third kappa shape index (κ3) is 6.28. The van der Waals surface area contributed by atoms with Gasteiger partial charge in [0.15, 0.2) is 5.96 Å². The van der Waals surface area contributed by atoms with Crippen LogP contribution in [-0.2, 0) is 21.4 Å². The van der Waals surface area contributed by atoms with Crippen LogP contribution in [0.4, 0.5) is 0 Å². The van der Waals surface area contributed by atoms with Crippen molar-refractivity contribution in [2.45, 2.75) is 23.8 Å². The highest BCUT2D eigenvalue weighted by Crippen LogP contribution is 2.27. The molecule has 0 radical (unpaired) electrons. The Balaban J connectivity index is 1.73. The highest BCUT2D eigenvalue weighted by molar-refractivity contribution is 7.89.